The first-order valence-electron chi connectivity index (χ1n) is 7.97. The number of hydrogen-bond acceptors (Lipinski definition) is 6. The van der Waals surface area contributed by atoms with Crippen LogP contribution in [-0.4, -0.2) is 47.3 Å². The molecule has 124 valence electrons. The highest BCUT2D eigenvalue weighted by Gasteiger charge is 2.22. The molecular formula is C16H21N3O3S. The van der Waals surface area contributed by atoms with Gasteiger partial charge in [0.15, 0.2) is 0 Å². The molecule has 7 heteroatoms. The lowest BCUT2D eigenvalue weighted by Crippen LogP contribution is -2.35. The number of carbonyl (C=O) groups excluding carboxylic acids is 1. The van der Waals surface area contributed by atoms with Gasteiger partial charge in [-0.1, -0.05) is 5.16 Å². The first kappa shape index (κ1) is 16.1. The van der Waals surface area contributed by atoms with Gasteiger partial charge in [-0.2, -0.15) is 16.3 Å². The van der Waals surface area contributed by atoms with Crippen LogP contribution in [0.4, 0.5) is 0 Å². The Hall–Kier alpha value is -1.73. The third-order valence-electron chi connectivity index (χ3n) is 4.04. The van der Waals surface area contributed by atoms with Gasteiger partial charge in [-0.15, -0.1) is 0 Å². The SMILES string of the molecule is CCN(CC1CCOC1)C(=O)CCc1nc(-c2ccsc2)no1. The Balaban J connectivity index is 1.51. The van der Waals surface area contributed by atoms with Crippen LogP contribution >= 0.6 is 11.3 Å². The molecule has 6 nitrogen and oxygen atoms in total. The predicted molar refractivity (Wildman–Crippen MR) is 87.1 cm³/mol. The minimum atomic E-state index is 0.134. The van der Waals surface area contributed by atoms with Crippen LogP contribution in [-0.2, 0) is 16.0 Å². The fraction of sp³-hybridized carbons (Fsp3) is 0.562. The van der Waals surface area contributed by atoms with E-state index in [1.54, 1.807) is 11.3 Å². The number of carbonyl (C=O) groups is 1. The van der Waals surface area contributed by atoms with Gasteiger partial charge in [0, 0.05) is 49.4 Å². The summed E-state index contributed by atoms with van der Waals surface area (Å²) < 4.78 is 10.6. The molecule has 1 saturated heterocycles. The summed E-state index contributed by atoms with van der Waals surface area (Å²) in [6, 6.07) is 1.95. The van der Waals surface area contributed by atoms with Crippen LogP contribution in [0.3, 0.4) is 0 Å². The molecule has 1 unspecified atom stereocenters. The van der Waals surface area contributed by atoms with Gasteiger partial charge in [0.1, 0.15) is 0 Å². The molecule has 0 aromatic carbocycles. The lowest BCUT2D eigenvalue weighted by molar-refractivity contribution is -0.131. The Morgan fingerprint density at radius 1 is 1.52 bits per heavy atom. The molecule has 1 amide bonds. The van der Waals surface area contributed by atoms with Crippen LogP contribution in [0.25, 0.3) is 11.4 Å². The Kier molecular flexibility index (Phi) is 5.40. The average molecular weight is 335 g/mol. The van der Waals surface area contributed by atoms with Gasteiger partial charge < -0.3 is 14.2 Å². The van der Waals surface area contributed by atoms with Gasteiger partial charge in [-0.05, 0) is 24.8 Å². The fourth-order valence-corrected chi connectivity index (χ4v) is 3.32. The molecule has 2 aromatic heterocycles. The van der Waals surface area contributed by atoms with Gasteiger partial charge in [0.05, 0.1) is 6.61 Å². The van der Waals surface area contributed by atoms with Crippen LogP contribution in [0.1, 0.15) is 25.7 Å². The molecule has 2 aromatic rings. The molecule has 23 heavy (non-hydrogen) atoms. The highest BCUT2D eigenvalue weighted by atomic mass is 32.1. The second-order valence-electron chi connectivity index (χ2n) is 5.69. The minimum Gasteiger partial charge on any atom is -0.381 e. The Bertz CT molecular complexity index is 620. The molecule has 0 saturated carbocycles. The molecular weight excluding hydrogens is 314 g/mol. The third-order valence-corrected chi connectivity index (χ3v) is 4.72. The largest absolute Gasteiger partial charge is 0.381 e. The Morgan fingerprint density at radius 3 is 3.13 bits per heavy atom. The fourth-order valence-electron chi connectivity index (χ4n) is 2.68. The van der Waals surface area contributed by atoms with Crippen molar-refractivity contribution >= 4 is 17.2 Å². The summed E-state index contributed by atoms with van der Waals surface area (Å²) in [7, 11) is 0. The van der Waals surface area contributed by atoms with Crippen LogP contribution in [0.5, 0.6) is 0 Å². The van der Waals surface area contributed by atoms with Gasteiger partial charge in [0.2, 0.25) is 17.6 Å². The number of aromatic nitrogens is 2. The molecule has 1 fully saturated rings. The Morgan fingerprint density at radius 2 is 2.43 bits per heavy atom. The standard InChI is InChI=1S/C16H21N3O3S/c1-2-19(9-12-5-7-21-10-12)15(20)4-3-14-17-16(18-22-14)13-6-8-23-11-13/h6,8,11-12H,2-5,7,9-10H2,1H3. The first-order chi connectivity index (χ1) is 11.3. The molecule has 1 aliphatic rings. The minimum absolute atomic E-state index is 0.134. The van der Waals surface area contributed by atoms with E-state index in [9.17, 15) is 4.79 Å². The first-order valence-corrected chi connectivity index (χ1v) is 8.91. The highest BCUT2D eigenvalue weighted by molar-refractivity contribution is 7.08. The van der Waals surface area contributed by atoms with E-state index in [2.05, 4.69) is 10.1 Å². The lowest BCUT2D eigenvalue weighted by atomic mass is 10.1. The molecule has 0 N–H and O–H groups in total. The summed E-state index contributed by atoms with van der Waals surface area (Å²) in [5.41, 5.74) is 0.952. The van der Waals surface area contributed by atoms with Crippen molar-refractivity contribution in [2.75, 3.05) is 26.3 Å². The monoisotopic (exact) mass is 335 g/mol. The van der Waals surface area contributed by atoms with E-state index in [1.807, 2.05) is 28.7 Å². The van der Waals surface area contributed by atoms with E-state index in [0.29, 0.717) is 30.5 Å². The molecule has 0 aliphatic carbocycles. The quantitative estimate of drug-likeness (QED) is 0.778. The maximum absolute atomic E-state index is 12.4. The number of nitrogens with zero attached hydrogens (tertiary/aromatic N) is 3. The summed E-state index contributed by atoms with van der Waals surface area (Å²) in [4.78, 5) is 18.6. The predicted octanol–water partition coefficient (Wildman–Crippen LogP) is 2.62. The van der Waals surface area contributed by atoms with Gasteiger partial charge in [-0.3, -0.25) is 4.79 Å². The van der Waals surface area contributed by atoms with Crippen LogP contribution in [0, 0.1) is 5.92 Å². The summed E-state index contributed by atoms with van der Waals surface area (Å²) >= 11 is 1.59. The zero-order valence-electron chi connectivity index (χ0n) is 13.2. The van der Waals surface area contributed by atoms with E-state index < -0.39 is 0 Å². The van der Waals surface area contributed by atoms with E-state index in [-0.39, 0.29) is 5.91 Å². The summed E-state index contributed by atoms with van der Waals surface area (Å²) in [5, 5.41) is 7.91. The third kappa shape index (κ3) is 4.17. The van der Waals surface area contributed by atoms with Crippen molar-refractivity contribution in [1.29, 1.82) is 0 Å². The number of rotatable bonds is 7. The summed E-state index contributed by atoms with van der Waals surface area (Å²) in [6.45, 7) is 5.08. The molecule has 1 atom stereocenters. The number of ether oxygens (including phenoxy) is 1. The van der Waals surface area contributed by atoms with Crippen molar-refractivity contribution < 1.29 is 14.1 Å². The normalized spacial score (nSPS) is 17.5. The summed E-state index contributed by atoms with van der Waals surface area (Å²) in [6.07, 6.45) is 1.91. The van der Waals surface area contributed by atoms with Crippen molar-refractivity contribution in [2.45, 2.75) is 26.2 Å². The summed E-state index contributed by atoms with van der Waals surface area (Å²) in [5.74, 6) is 1.70. The number of hydrogen-bond donors (Lipinski definition) is 0. The number of thiophene rings is 1. The molecule has 0 radical (unpaired) electrons. The maximum Gasteiger partial charge on any atom is 0.227 e. The van der Waals surface area contributed by atoms with E-state index in [1.165, 1.54) is 0 Å². The van der Waals surface area contributed by atoms with Crippen molar-refractivity contribution in [3.05, 3.63) is 22.7 Å². The highest BCUT2D eigenvalue weighted by Crippen LogP contribution is 2.19. The zero-order valence-corrected chi connectivity index (χ0v) is 14.1. The van der Waals surface area contributed by atoms with Crippen LogP contribution in [0.2, 0.25) is 0 Å². The Labute approximate surface area is 139 Å². The van der Waals surface area contributed by atoms with Gasteiger partial charge in [-0.25, -0.2) is 0 Å². The molecule has 3 rings (SSSR count). The van der Waals surface area contributed by atoms with Crippen molar-refractivity contribution in [3.8, 4) is 11.4 Å². The second kappa shape index (κ2) is 7.70. The molecule has 1 aliphatic heterocycles. The van der Waals surface area contributed by atoms with Crippen LogP contribution in [0.15, 0.2) is 21.3 Å². The molecule has 0 spiro atoms. The smallest absolute Gasteiger partial charge is 0.227 e. The second-order valence-corrected chi connectivity index (χ2v) is 6.47. The van der Waals surface area contributed by atoms with Gasteiger partial charge in [0.25, 0.3) is 0 Å². The number of amides is 1. The molecule has 3 heterocycles. The average Bonchev–Trinajstić information content (AvgIpc) is 3.32. The van der Waals surface area contributed by atoms with E-state index >= 15 is 0 Å². The lowest BCUT2D eigenvalue weighted by Gasteiger charge is -2.23. The van der Waals surface area contributed by atoms with Crippen molar-refractivity contribution in [1.82, 2.24) is 15.0 Å². The van der Waals surface area contributed by atoms with E-state index in [0.717, 1.165) is 38.3 Å². The van der Waals surface area contributed by atoms with E-state index in [4.69, 9.17) is 9.26 Å². The maximum atomic E-state index is 12.4. The topological polar surface area (TPSA) is 68.5 Å². The van der Waals surface area contributed by atoms with Gasteiger partial charge >= 0.3 is 0 Å². The van der Waals surface area contributed by atoms with Crippen molar-refractivity contribution in [2.24, 2.45) is 5.92 Å². The molecule has 0 bridgehead atoms. The van der Waals surface area contributed by atoms with Crippen molar-refractivity contribution in [3.63, 3.8) is 0 Å². The van der Waals surface area contributed by atoms with Crippen LogP contribution < -0.4 is 0 Å². The number of aryl methyl sites for hydroxylation is 1. The zero-order chi connectivity index (χ0) is 16.1.